The molecule has 3 amide bonds. The molecule has 2 rings (SSSR count). The summed E-state index contributed by atoms with van der Waals surface area (Å²) in [6.45, 7) is 6.01. The lowest BCUT2D eigenvalue weighted by Gasteiger charge is -2.21. The monoisotopic (exact) mass is 450 g/mol. The molecule has 1 aromatic heterocycles. The molecule has 150 valence electrons. The largest absolute Gasteiger partial charge is 0.494 e. The molecule has 0 spiro atoms. The highest BCUT2D eigenvalue weighted by Crippen LogP contribution is 2.13. The van der Waals surface area contributed by atoms with Gasteiger partial charge in [-0.2, -0.15) is 0 Å². The van der Waals surface area contributed by atoms with Gasteiger partial charge in [0.15, 0.2) is 0 Å². The fraction of sp³-hybridized carbons (Fsp3) is 0.316. The van der Waals surface area contributed by atoms with Crippen molar-refractivity contribution in [2.24, 2.45) is 5.92 Å². The van der Waals surface area contributed by atoms with Crippen LogP contribution in [-0.4, -0.2) is 35.4 Å². The number of aromatic amines is 1. The molecule has 1 aromatic carbocycles. The van der Waals surface area contributed by atoms with Gasteiger partial charge in [-0.15, -0.1) is 0 Å². The Labute approximate surface area is 171 Å². The summed E-state index contributed by atoms with van der Waals surface area (Å²) < 4.78 is 6.06. The summed E-state index contributed by atoms with van der Waals surface area (Å²) in [5.41, 5.74) is 5.36. The van der Waals surface area contributed by atoms with Gasteiger partial charge < -0.3 is 15.0 Å². The summed E-state index contributed by atoms with van der Waals surface area (Å²) in [7, 11) is 0. The molecule has 0 saturated heterocycles. The molecule has 0 bridgehead atoms. The molecular weight excluding hydrogens is 428 g/mol. The molecule has 28 heavy (non-hydrogen) atoms. The van der Waals surface area contributed by atoms with Crippen LogP contribution in [0.1, 0.15) is 41.6 Å². The van der Waals surface area contributed by atoms with Gasteiger partial charge in [0.25, 0.3) is 17.7 Å². The van der Waals surface area contributed by atoms with Crippen molar-refractivity contribution in [1.82, 2.24) is 21.2 Å². The molecule has 2 aromatic rings. The average molecular weight is 451 g/mol. The summed E-state index contributed by atoms with van der Waals surface area (Å²) in [6, 6.07) is 7.39. The molecular formula is C19H23BrN4O4. The van der Waals surface area contributed by atoms with Crippen molar-refractivity contribution in [1.29, 1.82) is 0 Å². The number of H-pyrrole nitrogens is 1. The number of ether oxygens (including phenoxy) is 1. The number of aromatic nitrogens is 1. The van der Waals surface area contributed by atoms with Crippen molar-refractivity contribution in [3.63, 3.8) is 0 Å². The molecule has 9 heteroatoms. The van der Waals surface area contributed by atoms with Crippen LogP contribution in [0.3, 0.4) is 0 Å². The molecule has 8 nitrogen and oxygen atoms in total. The summed E-state index contributed by atoms with van der Waals surface area (Å²) in [5, 5.41) is 2.69. The number of hydrazine groups is 1. The predicted molar refractivity (Wildman–Crippen MR) is 108 cm³/mol. The highest BCUT2D eigenvalue weighted by Gasteiger charge is 2.25. The molecule has 0 saturated carbocycles. The highest BCUT2D eigenvalue weighted by molar-refractivity contribution is 9.10. The van der Waals surface area contributed by atoms with Crippen LogP contribution in [-0.2, 0) is 4.79 Å². The first kappa shape index (κ1) is 21.5. The number of benzene rings is 1. The second kappa shape index (κ2) is 9.93. The summed E-state index contributed by atoms with van der Waals surface area (Å²) in [5.74, 6) is -0.941. The van der Waals surface area contributed by atoms with Crippen molar-refractivity contribution in [3.05, 3.63) is 52.3 Å². The Balaban J connectivity index is 1.96. The predicted octanol–water partition coefficient (Wildman–Crippen LogP) is 2.39. The minimum Gasteiger partial charge on any atom is -0.494 e. The van der Waals surface area contributed by atoms with Crippen LogP contribution in [0.2, 0.25) is 0 Å². The van der Waals surface area contributed by atoms with Gasteiger partial charge in [0.1, 0.15) is 17.5 Å². The molecule has 4 N–H and O–H groups in total. The Morgan fingerprint density at radius 2 is 1.79 bits per heavy atom. The van der Waals surface area contributed by atoms with Crippen LogP contribution in [0.15, 0.2) is 41.0 Å². The lowest BCUT2D eigenvalue weighted by atomic mass is 10.0. The lowest BCUT2D eigenvalue weighted by Crippen LogP contribution is -2.54. The number of rotatable bonds is 7. The van der Waals surface area contributed by atoms with Crippen LogP contribution >= 0.6 is 15.9 Å². The number of hydrogen-bond donors (Lipinski definition) is 4. The Hall–Kier alpha value is -2.81. The summed E-state index contributed by atoms with van der Waals surface area (Å²) in [6.07, 6.45) is 1.60. The first-order valence-corrected chi connectivity index (χ1v) is 9.59. The fourth-order valence-electron chi connectivity index (χ4n) is 2.39. The van der Waals surface area contributed by atoms with Gasteiger partial charge >= 0.3 is 0 Å². The number of carbonyl (C=O) groups is 3. The van der Waals surface area contributed by atoms with Gasteiger partial charge in [-0.25, -0.2) is 0 Å². The number of carbonyl (C=O) groups excluding carboxylic acids is 3. The van der Waals surface area contributed by atoms with Gasteiger partial charge in [-0.1, -0.05) is 13.8 Å². The van der Waals surface area contributed by atoms with Crippen molar-refractivity contribution < 1.29 is 19.1 Å². The highest BCUT2D eigenvalue weighted by atomic mass is 79.9. The molecule has 0 aliphatic heterocycles. The Morgan fingerprint density at radius 3 is 2.32 bits per heavy atom. The third kappa shape index (κ3) is 5.85. The van der Waals surface area contributed by atoms with Crippen molar-refractivity contribution in [2.45, 2.75) is 26.8 Å². The topological polar surface area (TPSA) is 112 Å². The molecule has 1 heterocycles. The van der Waals surface area contributed by atoms with E-state index in [1.54, 1.807) is 50.4 Å². The molecule has 0 radical (unpaired) electrons. The zero-order chi connectivity index (χ0) is 20.7. The average Bonchev–Trinajstić information content (AvgIpc) is 3.10. The normalized spacial score (nSPS) is 11.6. The van der Waals surface area contributed by atoms with Crippen LogP contribution in [0.5, 0.6) is 5.75 Å². The summed E-state index contributed by atoms with van der Waals surface area (Å²) in [4.78, 5) is 39.7. The summed E-state index contributed by atoms with van der Waals surface area (Å²) >= 11 is 3.23. The van der Waals surface area contributed by atoms with Crippen molar-refractivity contribution in [2.75, 3.05) is 6.61 Å². The second-order valence-electron chi connectivity index (χ2n) is 6.33. The minimum atomic E-state index is -0.824. The number of halogens is 1. The quantitative estimate of drug-likeness (QED) is 0.485. The van der Waals surface area contributed by atoms with Gasteiger partial charge in [0.05, 0.1) is 6.61 Å². The maximum absolute atomic E-state index is 12.5. The Morgan fingerprint density at radius 1 is 1.11 bits per heavy atom. The maximum atomic E-state index is 12.5. The first-order valence-electron chi connectivity index (χ1n) is 8.79. The van der Waals surface area contributed by atoms with E-state index in [0.29, 0.717) is 22.4 Å². The zero-order valence-electron chi connectivity index (χ0n) is 15.8. The molecule has 1 atom stereocenters. The van der Waals surface area contributed by atoms with E-state index in [1.807, 2.05) is 6.92 Å². The Kier molecular flexibility index (Phi) is 7.62. The number of amides is 3. The van der Waals surface area contributed by atoms with Crippen LogP contribution in [0, 0.1) is 5.92 Å². The zero-order valence-corrected chi connectivity index (χ0v) is 17.4. The standard InChI is InChI=1S/C19H23BrN4O4/c1-4-28-14-7-5-12(6-8-14)17(25)22-16(11(2)3)19(27)24-23-18(26)15-9-13(20)10-21-15/h5-11,16,21H,4H2,1-3H3,(H,22,25)(H,23,26)(H,24,27)/t16-/m0/s1. The van der Waals surface area contributed by atoms with E-state index in [4.69, 9.17) is 4.74 Å². The van der Waals surface area contributed by atoms with Gasteiger partial charge in [-0.05, 0) is 59.1 Å². The van der Waals surface area contributed by atoms with E-state index in [-0.39, 0.29) is 11.6 Å². The smallest absolute Gasteiger partial charge is 0.286 e. The van der Waals surface area contributed by atoms with E-state index >= 15 is 0 Å². The van der Waals surface area contributed by atoms with Crippen molar-refractivity contribution in [3.8, 4) is 5.75 Å². The van der Waals surface area contributed by atoms with E-state index in [0.717, 1.165) is 0 Å². The van der Waals surface area contributed by atoms with Gasteiger partial charge in [0.2, 0.25) is 0 Å². The Bertz CT molecular complexity index is 833. The minimum absolute atomic E-state index is 0.191. The maximum Gasteiger partial charge on any atom is 0.286 e. The van der Waals surface area contributed by atoms with Gasteiger partial charge in [0, 0.05) is 16.2 Å². The SMILES string of the molecule is CCOc1ccc(C(=O)N[C@H](C(=O)NNC(=O)c2cc(Br)c[nH]2)C(C)C)cc1. The van der Waals surface area contributed by atoms with E-state index in [2.05, 4.69) is 37.1 Å². The number of hydrogen-bond acceptors (Lipinski definition) is 4. The van der Waals surface area contributed by atoms with E-state index in [1.165, 1.54) is 0 Å². The third-order valence-electron chi connectivity index (χ3n) is 3.85. The van der Waals surface area contributed by atoms with Crippen LogP contribution in [0.25, 0.3) is 0 Å². The van der Waals surface area contributed by atoms with Gasteiger partial charge in [-0.3, -0.25) is 25.2 Å². The first-order chi connectivity index (χ1) is 13.3. The fourth-order valence-corrected chi connectivity index (χ4v) is 2.73. The second-order valence-corrected chi connectivity index (χ2v) is 7.24. The molecule has 0 aliphatic carbocycles. The van der Waals surface area contributed by atoms with Crippen LogP contribution in [0.4, 0.5) is 0 Å². The van der Waals surface area contributed by atoms with E-state index < -0.39 is 23.8 Å². The lowest BCUT2D eigenvalue weighted by molar-refractivity contribution is -0.124. The molecule has 0 aliphatic rings. The van der Waals surface area contributed by atoms with Crippen molar-refractivity contribution >= 4 is 33.7 Å². The molecule has 0 fully saturated rings. The number of nitrogens with one attached hydrogen (secondary N) is 4. The molecule has 0 unspecified atom stereocenters. The van der Waals surface area contributed by atoms with E-state index in [9.17, 15) is 14.4 Å². The third-order valence-corrected chi connectivity index (χ3v) is 4.31. The van der Waals surface area contributed by atoms with Crippen LogP contribution < -0.4 is 20.9 Å².